The Hall–Kier alpha value is -8.06. The van der Waals surface area contributed by atoms with Crippen molar-refractivity contribution in [2.24, 2.45) is 0 Å². The molecule has 0 heterocycles. The van der Waals surface area contributed by atoms with Gasteiger partial charge < -0.3 is 0 Å². The normalized spacial score (nSPS) is 15.7. The molecule has 4 aliphatic carbocycles. The number of benzene rings is 7. The summed E-state index contributed by atoms with van der Waals surface area (Å²) in [6.07, 6.45) is 42.9. The van der Waals surface area contributed by atoms with Crippen molar-refractivity contribution < 1.29 is 0 Å². The molecule has 0 saturated heterocycles. The Morgan fingerprint density at radius 2 is 1.24 bits per heavy atom. The van der Waals surface area contributed by atoms with Gasteiger partial charge in [-0.2, -0.15) is 0 Å². The van der Waals surface area contributed by atoms with E-state index in [1.54, 1.807) is 0 Å². The van der Waals surface area contributed by atoms with Crippen molar-refractivity contribution in [1.82, 2.24) is 0 Å². The zero-order valence-electron chi connectivity index (χ0n) is 42.7. The van der Waals surface area contributed by atoms with Crippen LogP contribution in [-0.2, 0) is 0 Å². The van der Waals surface area contributed by atoms with Crippen LogP contribution in [0.5, 0.6) is 0 Å². The number of rotatable bonds is 9. The van der Waals surface area contributed by atoms with E-state index in [9.17, 15) is 0 Å². The van der Waals surface area contributed by atoms with Gasteiger partial charge in [0.15, 0.2) is 0 Å². The number of hydrogen-bond acceptors (Lipinski definition) is 0. The standard InChI is InChI=1S/C72H62/c1-8-11-33-57-49(7)65(51-27-15-12-16-28-51)70-58-44-42-54(56(48(58)6)34-21-24-37-62(70)66(57)52-29-17-13-18-30-52)46(4)40-41-47(5)55-43-45-64-69-59(55)38-25-39-63(69)71-68(53-31-19-14-20-32-53)61-36-23-22-35-60(61)67(72(64)71)50(10-3)26-9-2/h8-15,17-21,24-27,29-45H,7,16,22-23,28H2,1-6H3/b11-8-,26-9-,34-21-,37-24?,46-40+,47-41+,50-10+,57-33+. The third kappa shape index (κ3) is 7.78. The van der Waals surface area contributed by atoms with Crippen LogP contribution in [0.15, 0.2) is 176 Å². The molecule has 4 aliphatic rings. The lowest BCUT2D eigenvalue weighted by atomic mass is 9.79. The Balaban J connectivity index is 1.07. The van der Waals surface area contributed by atoms with Crippen LogP contribution in [-0.4, -0.2) is 0 Å². The van der Waals surface area contributed by atoms with Crippen molar-refractivity contribution in [1.29, 1.82) is 0 Å². The molecule has 350 valence electrons. The molecule has 11 rings (SSSR count). The summed E-state index contributed by atoms with van der Waals surface area (Å²) in [4.78, 5) is 0. The van der Waals surface area contributed by atoms with Gasteiger partial charge in [0, 0.05) is 0 Å². The van der Waals surface area contributed by atoms with Gasteiger partial charge in [0.05, 0.1) is 0 Å². The quantitative estimate of drug-likeness (QED) is 0.127. The highest BCUT2D eigenvalue weighted by atomic mass is 14.3. The SMILES string of the molecule is C=c1c(C2=CC=CCC2)c2c(c(-c3ccccc3)/c1=C/C=C\C)C=C/C=C\c1c(/C(C)=C/C=C(\C)c3ccc4c5c(cccc35)-c3c-4c(C(/C=C\C)=C/C)c4c(c3-c3ccccc3)=CCCC=4)ccc-2c1C. The molecule has 0 fully saturated rings. The highest BCUT2D eigenvalue weighted by molar-refractivity contribution is 6.22. The Morgan fingerprint density at radius 1 is 0.569 bits per heavy atom. The lowest BCUT2D eigenvalue weighted by molar-refractivity contribution is 1.05. The van der Waals surface area contributed by atoms with Crippen molar-refractivity contribution in [3.63, 3.8) is 0 Å². The summed E-state index contributed by atoms with van der Waals surface area (Å²) < 4.78 is 0. The number of fused-ring (bicyclic) bond motifs is 8. The van der Waals surface area contributed by atoms with Gasteiger partial charge in [-0.25, -0.2) is 0 Å². The number of hydrogen-bond donors (Lipinski definition) is 0. The first kappa shape index (κ1) is 46.3. The van der Waals surface area contributed by atoms with E-state index in [0.29, 0.717) is 0 Å². The van der Waals surface area contributed by atoms with E-state index in [4.69, 9.17) is 6.58 Å². The Bertz CT molecular complexity index is 3940. The zero-order valence-corrected chi connectivity index (χ0v) is 42.7. The van der Waals surface area contributed by atoms with Crippen molar-refractivity contribution in [2.75, 3.05) is 0 Å². The van der Waals surface area contributed by atoms with Gasteiger partial charge in [-0.05, 0) is 216 Å². The van der Waals surface area contributed by atoms with Crippen molar-refractivity contribution in [3.8, 4) is 55.6 Å². The Morgan fingerprint density at radius 3 is 1.93 bits per heavy atom. The fraction of sp³-hybridized carbons (Fsp3) is 0.139. The molecule has 0 atom stereocenters. The molecule has 7 aromatic rings. The zero-order chi connectivity index (χ0) is 49.5. The largest absolute Gasteiger partial charge is 0.0905 e. The van der Waals surface area contributed by atoms with E-state index in [1.165, 1.54) is 143 Å². The first-order valence-electron chi connectivity index (χ1n) is 25.9. The maximum Gasteiger partial charge on any atom is -0.000753 e. The number of allylic oxidation sites excluding steroid dienone is 16. The minimum Gasteiger partial charge on any atom is -0.0905 e. The van der Waals surface area contributed by atoms with Crippen LogP contribution < -0.4 is 20.9 Å². The van der Waals surface area contributed by atoms with Gasteiger partial charge in [-0.3, -0.25) is 0 Å². The van der Waals surface area contributed by atoms with Gasteiger partial charge >= 0.3 is 0 Å². The molecule has 0 nitrogen and oxygen atoms in total. The van der Waals surface area contributed by atoms with Gasteiger partial charge in [0.25, 0.3) is 0 Å². The summed E-state index contributed by atoms with van der Waals surface area (Å²) in [5, 5.41) is 7.61. The van der Waals surface area contributed by atoms with Gasteiger partial charge in [-0.15, -0.1) is 0 Å². The third-order valence-electron chi connectivity index (χ3n) is 15.4. The molecule has 72 heavy (non-hydrogen) atoms. The molecule has 0 radical (unpaired) electrons. The monoisotopic (exact) mass is 926 g/mol. The molecular formula is C72H62. The summed E-state index contributed by atoms with van der Waals surface area (Å²) in [6, 6.07) is 38.4. The molecule has 0 unspecified atom stereocenters. The van der Waals surface area contributed by atoms with Crippen molar-refractivity contribution in [3.05, 3.63) is 236 Å². The van der Waals surface area contributed by atoms with E-state index >= 15 is 0 Å². The van der Waals surface area contributed by atoms with Gasteiger partial charge in [-0.1, -0.05) is 213 Å². The lowest BCUT2D eigenvalue weighted by Gasteiger charge is -2.24. The van der Waals surface area contributed by atoms with Crippen LogP contribution in [0.3, 0.4) is 0 Å². The molecule has 0 aliphatic heterocycles. The predicted molar refractivity (Wildman–Crippen MR) is 318 cm³/mol. The summed E-state index contributed by atoms with van der Waals surface area (Å²) in [6.45, 7) is 18.2. The van der Waals surface area contributed by atoms with E-state index < -0.39 is 0 Å². The lowest BCUT2D eigenvalue weighted by Crippen LogP contribution is -2.33. The van der Waals surface area contributed by atoms with E-state index in [1.807, 2.05) is 0 Å². The Kier molecular flexibility index (Phi) is 12.6. The molecule has 0 aromatic heterocycles. The fourth-order valence-electron chi connectivity index (χ4n) is 12.1. The topological polar surface area (TPSA) is 0 Å². The molecule has 0 spiro atoms. The van der Waals surface area contributed by atoms with E-state index in [-0.39, 0.29) is 0 Å². The van der Waals surface area contributed by atoms with Crippen LogP contribution in [0, 0.1) is 6.92 Å². The van der Waals surface area contributed by atoms with Crippen molar-refractivity contribution >= 4 is 70.0 Å². The maximum absolute atomic E-state index is 4.90. The summed E-state index contributed by atoms with van der Waals surface area (Å²) in [7, 11) is 0. The van der Waals surface area contributed by atoms with Crippen molar-refractivity contribution in [2.45, 2.75) is 67.2 Å². The van der Waals surface area contributed by atoms with Gasteiger partial charge in [0.2, 0.25) is 0 Å². The molecular weight excluding hydrogens is 865 g/mol. The Labute approximate surface area is 426 Å². The predicted octanol–water partition coefficient (Wildman–Crippen LogP) is 17.2. The maximum atomic E-state index is 4.90. The minimum absolute atomic E-state index is 0.980. The van der Waals surface area contributed by atoms with Crippen LogP contribution in [0.4, 0.5) is 0 Å². The smallest absolute Gasteiger partial charge is 0.000753 e. The molecule has 0 heteroatoms. The summed E-state index contributed by atoms with van der Waals surface area (Å²) >= 11 is 0. The second-order valence-electron chi connectivity index (χ2n) is 19.6. The average Bonchev–Trinajstić information content (AvgIpc) is 3.76. The summed E-state index contributed by atoms with van der Waals surface area (Å²) in [5.74, 6) is 0. The van der Waals surface area contributed by atoms with E-state index in [0.717, 1.165) is 30.9 Å². The van der Waals surface area contributed by atoms with Crippen LogP contribution in [0.2, 0.25) is 0 Å². The highest BCUT2D eigenvalue weighted by Gasteiger charge is 2.31. The van der Waals surface area contributed by atoms with Crippen LogP contribution in [0.1, 0.15) is 99.2 Å². The first-order valence-corrected chi connectivity index (χ1v) is 25.9. The van der Waals surface area contributed by atoms with E-state index in [2.05, 4.69) is 248 Å². The molecule has 2 bridgehead atoms. The summed E-state index contributed by atoms with van der Waals surface area (Å²) in [5.41, 5.74) is 26.8. The highest BCUT2D eigenvalue weighted by Crippen LogP contribution is 2.53. The molecule has 0 saturated carbocycles. The average molecular weight is 927 g/mol. The second kappa shape index (κ2) is 19.6. The van der Waals surface area contributed by atoms with Crippen LogP contribution in [0.25, 0.3) is 126 Å². The van der Waals surface area contributed by atoms with Gasteiger partial charge in [0.1, 0.15) is 0 Å². The molecule has 0 N–H and O–H groups in total. The second-order valence-corrected chi connectivity index (χ2v) is 19.6. The minimum atomic E-state index is 0.980. The molecule has 0 amide bonds. The first-order chi connectivity index (χ1) is 35.3. The third-order valence-corrected chi connectivity index (χ3v) is 15.4. The fourth-order valence-corrected chi connectivity index (χ4v) is 12.1. The van der Waals surface area contributed by atoms with Crippen LogP contribution >= 0.6 is 0 Å². The molecule has 7 aromatic carbocycles.